The van der Waals surface area contributed by atoms with Crippen molar-refractivity contribution in [3.63, 3.8) is 0 Å². The van der Waals surface area contributed by atoms with E-state index in [-0.39, 0.29) is 23.8 Å². The van der Waals surface area contributed by atoms with E-state index in [0.717, 1.165) is 16.9 Å². The zero-order valence-electron chi connectivity index (χ0n) is 16.6. The molecule has 0 aliphatic rings. The van der Waals surface area contributed by atoms with E-state index in [9.17, 15) is 9.59 Å². The first-order valence-corrected chi connectivity index (χ1v) is 9.14. The van der Waals surface area contributed by atoms with E-state index < -0.39 is 6.04 Å². The average molecular weight is 368 g/mol. The fourth-order valence-electron chi connectivity index (χ4n) is 2.92. The van der Waals surface area contributed by atoms with Crippen molar-refractivity contribution in [3.05, 3.63) is 65.2 Å². The zero-order valence-corrected chi connectivity index (χ0v) is 16.6. The molecular weight excluding hydrogens is 340 g/mol. The monoisotopic (exact) mass is 368 g/mol. The molecule has 144 valence electrons. The number of hydrogen-bond acceptors (Lipinski definition) is 3. The van der Waals surface area contributed by atoms with E-state index in [1.54, 1.807) is 31.4 Å². The number of ether oxygens (including phenoxy) is 1. The molecule has 0 radical (unpaired) electrons. The summed E-state index contributed by atoms with van der Waals surface area (Å²) in [5, 5.41) is 5.85. The number of nitrogens with one attached hydrogen (secondary N) is 2. The highest BCUT2D eigenvalue weighted by Gasteiger charge is 2.26. The van der Waals surface area contributed by atoms with Crippen LogP contribution >= 0.6 is 0 Å². The maximum absolute atomic E-state index is 12.9. The van der Waals surface area contributed by atoms with E-state index >= 15 is 0 Å². The first kappa shape index (κ1) is 20.5. The summed E-state index contributed by atoms with van der Waals surface area (Å²) in [5.74, 6) is 0.197. The number of methoxy groups -OCH3 is 1. The summed E-state index contributed by atoms with van der Waals surface area (Å²) in [6.07, 6.45) is 0. The van der Waals surface area contributed by atoms with Crippen molar-refractivity contribution >= 4 is 11.8 Å². The van der Waals surface area contributed by atoms with E-state index in [1.807, 2.05) is 52.0 Å². The van der Waals surface area contributed by atoms with E-state index in [2.05, 4.69) is 10.6 Å². The molecule has 0 fully saturated rings. The zero-order chi connectivity index (χ0) is 20.0. The summed E-state index contributed by atoms with van der Waals surface area (Å²) in [6, 6.07) is 13.9. The van der Waals surface area contributed by atoms with Gasteiger partial charge in [-0.3, -0.25) is 9.59 Å². The van der Waals surface area contributed by atoms with E-state index in [4.69, 9.17) is 4.74 Å². The van der Waals surface area contributed by atoms with Gasteiger partial charge in [0.25, 0.3) is 5.91 Å². The van der Waals surface area contributed by atoms with Gasteiger partial charge in [-0.25, -0.2) is 0 Å². The predicted molar refractivity (Wildman–Crippen MR) is 107 cm³/mol. The highest BCUT2D eigenvalue weighted by Crippen LogP contribution is 2.26. The number of rotatable bonds is 7. The highest BCUT2D eigenvalue weighted by atomic mass is 16.5. The Hall–Kier alpha value is -2.82. The smallest absolute Gasteiger partial charge is 0.251 e. The molecule has 0 spiro atoms. The lowest BCUT2D eigenvalue weighted by molar-refractivity contribution is -0.124. The summed E-state index contributed by atoms with van der Waals surface area (Å²) in [7, 11) is 1.61. The number of benzene rings is 2. The quantitative estimate of drug-likeness (QED) is 0.784. The lowest BCUT2D eigenvalue weighted by atomic mass is 10.0. The Bertz CT molecular complexity index is 787. The molecule has 5 heteroatoms. The fourth-order valence-corrected chi connectivity index (χ4v) is 2.92. The molecule has 5 nitrogen and oxygen atoms in total. The second kappa shape index (κ2) is 9.21. The van der Waals surface area contributed by atoms with Crippen molar-refractivity contribution in [3.8, 4) is 5.75 Å². The van der Waals surface area contributed by atoms with E-state index in [1.165, 1.54) is 0 Å². The molecule has 0 aliphatic carbocycles. The van der Waals surface area contributed by atoms with Crippen LogP contribution in [0.25, 0.3) is 0 Å². The van der Waals surface area contributed by atoms with Crippen molar-refractivity contribution in [1.82, 2.24) is 10.6 Å². The van der Waals surface area contributed by atoms with Gasteiger partial charge in [-0.15, -0.1) is 0 Å². The number of amides is 2. The van der Waals surface area contributed by atoms with Gasteiger partial charge in [0.15, 0.2) is 0 Å². The molecule has 2 N–H and O–H groups in total. The van der Waals surface area contributed by atoms with Crippen molar-refractivity contribution in [2.45, 2.75) is 39.8 Å². The molecule has 0 heterocycles. The van der Waals surface area contributed by atoms with Gasteiger partial charge in [0.2, 0.25) is 5.91 Å². The van der Waals surface area contributed by atoms with Crippen LogP contribution in [0, 0.1) is 12.8 Å². The summed E-state index contributed by atoms with van der Waals surface area (Å²) >= 11 is 0. The minimum Gasteiger partial charge on any atom is -0.496 e. The molecule has 0 aromatic heterocycles. The molecule has 0 saturated heterocycles. The number of carbonyl (C=O) groups is 2. The molecule has 2 aromatic rings. The number of hydrogen-bond donors (Lipinski definition) is 2. The summed E-state index contributed by atoms with van der Waals surface area (Å²) in [5.41, 5.74) is 2.52. The van der Waals surface area contributed by atoms with Gasteiger partial charge in [0.05, 0.1) is 13.2 Å². The van der Waals surface area contributed by atoms with Gasteiger partial charge in [0, 0.05) is 11.1 Å². The number of carbonyl (C=O) groups excluding carboxylic acids is 2. The second-order valence-corrected chi connectivity index (χ2v) is 7.04. The van der Waals surface area contributed by atoms with E-state index in [0.29, 0.717) is 5.56 Å². The van der Waals surface area contributed by atoms with Gasteiger partial charge in [-0.05, 0) is 38.0 Å². The summed E-state index contributed by atoms with van der Waals surface area (Å²) in [6.45, 7) is 7.72. The highest BCUT2D eigenvalue weighted by molar-refractivity contribution is 5.97. The Morgan fingerprint density at radius 3 is 2.22 bits per heavy atom. The van der Waals surface area contributed by atoms with Gasteiger partial charge >= 0.3 is 0 Å². The SMILES string of the molecule is COc1ccc(C)cc1[C@@H](C)NC(=O)[C@@H](NC(=O)c1ccccc1)C(C)C. The van der Waals surface area contributed by atoms with Crippen LogP contribution in [0.1, 0.15) is 48.3 Å². The second-order valence-electron chi connectivity index (χ2n) is 7.04. The lowest BCUT2D eigenvalue weighted by Gasteiger charge is -2.25. The summed E-state index contributed by atoms with van der Waals surface area (Å²) in [4.78, 5) is 25.3. The topological polar surface area (TPSA) is 67.4 Å². The minimum atomic E-state index is -0.629. The normalized spacial score (nSPS) is 13.0. The fraction of sp³-hybridized carbons (Fsp3) is 0.364. The molecule has 2 aromatic carbocycles. The van der Waals surface area contributed by atoms with Gasteiger partial charge < -0.3 is 15.4 Å². The van der Waals surface area contributed by atoms with Crippen molar-refractivity contribution in [2.24, 2.45) is 5.92 Å². The van der Waals surface area contributed by atoms with Crippen LogP contribution in [0.3, 0.4) is 0 Å². The Morgan fingerprint density at radius 1 is 0.963 bits per heavy atom. The molecule has 2 atom stereocenters. The molecule has 0 bridgehead atoms. The lowest BCUT2D eigenvalue weighted by Crippen LogP contribution is -2.50. The predicted octanol–water partition coefficient (Wildman–Crippen LogP) is 3.64. The van der Waals surface area contributed by atoms with Crippen LogP contribution in [0.5, 0.6) is 5.75 Å². The molecule has 2 rings (SSSR count). The van der Waals surface area contributed by atoms with Crippen LogP contribution in [0.4, 0.5) is 0 Å². The van der Waals surface area contributed by atoms with Crippen molar-refractivity contribution < 1.29 is 14.3 Å². The van der Waals surface area contributed by atoms with Crippen molar-refractivity contribution in [2.75, 3.05) is 7.11 Å². The maximum atomic E-state index is 12.9. The third-order valence-corrected chi connectivity index (χ3v) is 4.48. The van der Waals surface area contributed by atoms with Crippen LogP contribution in [-0.4, -0.2) is 25.0 Å². The molecule has 0 aliphatic heterocycles. The largest absolute Gasteiger partial charge is 0.496 e. The van der Waals surface area contributed by atoms with Gasteiger partial charge in [-0.1, -0.05) is 49.7 Å². The Kier molecular flexibility index (Phi) is 6.99. The van der Waals surface area contributed by atoms with Crippen LogP contribution in [0.2, 0.25) is 0 Å². The molecule has 27 heavy (non-hydrogen) atoms. The molecular formula is C22H28N2O3. The summed E-state index contributed by atoms with van der Waals surface area (Å²) < 4.78 is 5.41. The standard InChI is InChI=1S/C22H28N2O3/c1-14(2)20(24-21(25)17-9-7-6-8-10-17)22(26)23-16(4)18-13-15(3)11-12-19(18)27-5/h6-14,16,20H,1-5H3,(H,23,26)(H,24,25)/t16-,20+/m1/s1. The molecule has 0 saturated carbocycles. The van der Waals surface area contributed by atoms with Crippen molar-refractivity contribution in [1.29, 1.82) is 0 Å². The Morgan fingerprint density at radius 2 is 1.63 bits per heavy atom. The average Bonchev–Trinajstić information content (AvgIpc) is 2.66. The maximum Gasteiger partial charge on any atom is 0.251 e. The Labute approximate surface area is 161 Å². The van der Waals surface area contributed by atoms with Crippen LogP contribution in [0.15, 0.2) is 48.5 Å². The number of aryl methyl sites for hydroxylation is 1. The van der Waals surface area contributed by atoms with Crippen LogP contribution < -0.4 is 15.4 Å². The molecule has 2 amide bonds. The third kappa shape index (κ3) is 5.33. The minimum absolute atomic E-state index is 0.0516. The third-order valence-electron chi connectivity index (χ3n) is 4.48. The Balaban J connectivity index is 2.13. The van der Waals surface area contributed by atoms with Gasteiger partial charge in [-0.2, -0.15) is 0 Å². The van der Waals surface area contributed by atoms with Gasteiger partial charge in [0.1, 0.15) is 11.8 Å². The molecule has 0 unspecified atom stereocenters. The first-order valence-electron chi connectivity index (χ1n) is 9.14. The van der Waals surface area contributed by atoms with Crippen LogP contribution in [-0.2, 0) is 4.79 Å². The first-order chi connectivity index (χ1) is 12.8.